The molecule has 36 heavy (non-hydrogen) atoms. The minimum atomic E-state index is -1.25. The van der Waals surface area contributed by atoms with Crippen molar-refractivity contribution < 1.29 is 28.9 Å². The minimum Gasteiger partial charge on any atom is -0.493 e. The van der Waals surface area contributed by atoms with Gasteiger partial charge in [-0.3, -0.25) is 9.69 Å². The Morgan fingerprint density at radius 2 is 2.03 bits per heavy atom. The highest BCUT2D eigenvalue weighted by molar-refractivity contribution is 7.14. The van der Waals surface area contributed by atoms with Crippen LogP contribution in [0, 0.1) is 18.3 Å². The molecule has 1 aromatic heterocycles. The van der Waals surface area contributed by atoms with Crippen molar-refractivity contribution >= 4 is 34.9 Å². The van der Waals surface area contributed by atoms with Crippen molar-refractivity contribution in [1.29, 1.82) is 0 Å². The van der Waals surface area contributed by atoms with E-state index < -0.39 is 6.16 Å². The van der Waals surface area contributed by atoms with E-state index in [1.165, 1.54) is 16.0 Å². The predicted octanol–water partition coefficient (Wildman–Crippen LogP) is 5.59. The number of ether oxygens (including phenoxy) is 3. The monoisotopic (exact) mass is 533 g/mol. The number of Topliss-reactive ketones (excluding diaryl/α,β-unsaturated/α-hetero) is 1. The molecule has 2 aromatic rings. The molecule has 2 heterocycles. The van der Waals surface area contributed by atoms with E-state index in [0.717, 1.165) is 16.9 Å². The third kappa shape index (κ3) is 4.59. The Hall–Kier alpha value is -2.29. The SMILES string of the molecule is COc1cc(CCC(=O)c2sc(C)c3c2C[C@@H]2[C@H]3C2(C)C)cc(Cl)c1OCCN1CC(OC(=O)O)C1. The fraction of sp³-hybridized carbons (Fsp3) is 0.556. The number of hydrogen-bond acceptors (Lipinski definition) is 7. The second-order valence-electron chi connectivity index (χ2n) is 10.6. The first-order valence-corrected chi connectivity index (χ1v) is 13.6. The summed E-state index contributed by atoms with van der Waals surface area (Å²) in [6, 6.07) is 3.73. The lowest BCUT2D eigenvalue weighted by molar-refractivity contribution is -0.0362. The fourth-order valence-corrected chi connectivity index (χ4v) is 7.47. The van der Waals surface area contributed by atoms with Crippen LogP contribution in [-0.4, -0.2) is 61.4 Å². The van der Waals surface area contributed by atoms with E-state index in [0.29, 0.717) is 72.9 Å². The highest BCUT2D eigenvalue weighted by Crippen LogP contribution is 2.71. The van der Waals surface area contributed by atoms with Crippen LogP contribution >= 0.6 is 22.9 Å². The smallest absolute Gasteiger partial charge is 0.493 e. The van der Waals surface area contributed by atoms with Crippen LogP contribution in [0.1, 0.15) is 57.4 Å². The minimum absolute atomic E-state index is 0.207. The molecule has 0 amide bonds. The van der Waals surface area contributed by atoms with Gasteiger partial charge in [-0.25, -0.2) is 4.79 Å². The molecule has 0 unspecified atom stereocenters. The molecule has 2 atom stereocenters. The molecule has 1 saturated carbocycles. The van der Waals surface area contributed by atoms with Gasteiger partial charge in [-0.2, -0.15) is 0 Å². The number of rotatable bonds is 10. The average molecular weight is 534 g/mol. The number of fused-ring (bicyclic) bond motifs is 3. The highest BCUT2D eigenvalue weighted by Gasteiger charge is 2.63. The van der Waals surface area contributed by atoms with Crippen molar-refractivity contribution in [3.63, 3.8) is 0 Å². The topological polar surface area (TPSA) is 85.3 Å². The van der Waals surface area contributed by atoms with Crippen LogP contribution in [0.5, 0.6) is 11.5 Å². The molecule has 1 saturated heterocycles. The quantitative estimate of drug-likeness (QED) is 0.315. The summed E-state index contributed by atoms with van der Waals surface area (Å²) >= 11 is 8.19. The molecule has 0 spiro atoms. The fourth-order valence-electron chi connectivity index (χ4n) is 5.99. The molecule has 3 aliphatic rings. The van der Waals surface area contributed by atoms with Crippen LogP contribution in [0.2, 0.25) is 5.02 Å². The molecular formula is C27H32ClNO6S. The summed E-state index contributed by atoms with van der Waals surface area (Å²) in [7, 11) is 1.57. The second kappa shape index (κ2) is 9.54. The summed E-state index contributed by atoms with van der Waals surface area (Å²) in [5.41, 5.74) is 4.07. The van der Waals surface area contributed by atoms with Crippen molar-refractivity contribution in [2.75, 3.05) is 33.4 Å². The third-order valence-electron chi connectivity index (χ3n) is 8.05. The van der Waals surface area contributed by atoms with E-state index in [-0.39, 0.29) is 11.9 Å². The number of carbonyl (C=O) groups is 2. The Bertz CT molecular complexity index is 1200. The Morgan fingerprint density at radius 3 is 2.72 bits per heavy atom. The number of methoxy groups -OCH3 is 1. The summed E-state index contributed by atoms with van der Waals surface area (Å²) in [6.07, 6.45) is 0.523. The number of hydrogen-bond donors (Lipinski definition) is 1. The van der Waals surface area contributed by atoms with E-state index >= 15 is 0 Å². The summed E-state index contributed by atoms with van der Waals surface area (Å²) in [5.74, 6) is 2.54. The lowest BCUT2D eigenvalue weighted by Gasteiger charge is -2.37. The molecule has 2 fully saturated rings. The molecule has 5 rings (SSSR count). The van der Waals surface area contributed by atoms with Crippen LogP contribution in [0.3, 0.4) is 0 Å². The zero-order chi connectivity index (χ0) is 25.8. The number of carboxylic acid groups (broad SMARTS) is 1. The maximum atomic E-state index is 13.2. The number of halogens is 1. The van der Waals surface area contributed by atoms with Gasteiger partial charge in [-0.15, -0.1) is 11.3 Å². The number of nitrogens with zero attached hydrogens (tertiary/aromatic N) is 1. The second-order valence-corrected chi connectivity index (χ2v) is 12.3. The molecule has 1 aromatic carbocycles. The molecule has 1 N–H and O–H groups in total. The lowest BCUT2D eigenvalue weighted by Crippen LogP contribution is -2.53. The number of likely N-dealkylation sites (tertiary alicyclic amines) is 1. The first-order chi connectivity index (χ1) is 17.1. The first kappa shape index (κ1) is 25.4. The first-order valence-electron chi connectivity index (χ1n) is 12.4. The summed E-state index contributed by atoms with van der Waals surface area (Å²) in [6.45, 7) is 8.95. The number of carbonyl (C=O) groups excluding carboxylic acids is 1. The van der Waals surface area contributed by atoms with Gasteiger partial charge >= 0.3 is 6.16 Å². The van der Waals surface area contributed by atoms with Crippen LogP contribution in [-0.2, 0) is 17.6 Å². The largest absolute Gasteiger partial charge is 0.506 e. The van der Waals surface area contributed by atoms with Crippen LogP contribution in [0.15, 0.2) is 12.1 Å². The van der Waals surface area contributed by atoms with Gasteiger partial charge in [0.2, 0.25) is 0 Å². The van der Waals surface area contributed by atoms with Crippen molar-refractivity contribution in [2.24, 2.45) is 11.3 Å². The maximum absolute atomic E-state index is 13.2. The Morgan fingerprint density at radius 1 is 1.28 bits per heavy atom. The molecule has 7 nitrogen and oxygen atoms in total. The van der Waals surface area contributed by atoms with Gasteiger partial charge in [0.25, 0.3) is 0 Å². The number of thiophene rings is 1. The van der Waals surface area contributed by atoms with Crippen molar-refractivity contribution in [2.45, 2.75) is 52.1 Å². The van der Waals surface area contributed by atoms with Gasteiger partial charge in [0.1, 0.15) is 12.7 Å². The predicted molar refractivity (Wildman–Crippen MR) is 138 cm³/mol. The number of ketones is 1. The van der Waals surface area contributed by atoms with Gasteiger partial charge in [0.15, 0.2) is 17.3 Å². The van der Waals surface area contributed by atoms with Gasteiger partial charge in [0.05, 0.1) is 17.0 Å². The molecule has 194 valence electrons. The highest BCUT2D eigenvalue weighted by atomic mass is 35.5. The molecule has 1 aliphatic heterocycles. The van der Waals surface area contributed by atoms with Crippen molar-refractivity contribution in [3.8, 4) is 11.5 Å². The van der Waals surface area contributed by atoms with Crippen LogP contribution in [0.25, 0.3) is 0 Å². The molecule has 9 heteroatoms. The van der Waals surface area contributed by atoms with Crippen LogP contribution < -0.4 is 9.47 Å². The molecule has 0 bridgehead atoms. The van der Waals surface area contributed by atoms with E-state index in [1.807, 2.05) is 17.0 Å². The summed E-state index contributed by atoms with van der Waals surface area (Å²) in [5, 5.41) is 9.10. The standard InChI is InChI=1S/C27H32ClNO6S/c1-14-22-17(11-18-23(22)27(18,2)3)25(36-14)20(30)6-5-15-9-19(28)24(21(10-15)33-4)34-8-7-29-12-16(13-29)35-26(31)32/h9-10,16,18,23H,5-8,11-13H2,1-4H3,(H,31,32)/t18-,23-/m1/s1. The van der Waals surface area contributed by atoms with Gasteiger partial charge < -0.3 is 19.3 Å². The van der Waals surface area contributed by atoms with Gasteiger partial charge in [-0.1, -0.05) is 25.4 Å². The lowest BCUT2D eigenvalue weighted by atomic mass is 9.94. The van der Waals surface area contributed by atoms with Gasteiger partial charge in [0, 0.05) is 30.9 Å². The van der Waals surface area contributed by atoms with Crippen molar-refractivity contribution in [1.82, 2.24) is 4.90 Å². The normalized spacial score (nSPS) is 21.9. The summed E-state index contributed by atoms with van der Waals surface area (Å²) < 4.78 is 16.1. The Kier molecular flexibility index (Phi) is 6.72. The molecule has 2 aliphatic carbocycles. The van der Waals surface area contributed by atoms with Gasteiger partial charge in [-0.05, 0) is 65.8 Å². The maximum Gasteiger partial charge on any atom is 0.506 e. The third-order valence-corrected chi connectivity index (χ3v) is 9.53. The number of benzene rings is 1. The Labute approximate surface area is 220 Å². The Balaban J connectivity index is 1.17. The van der Waals surface area contributed by atoms with E-state index in [2.05, 4.69) is 20.8 Å². The average Bonchev–Trinajstić information content (AvgIpc) is 3.10. The van der Waals surface area contributed by atoms with E-state index in [9.17, 15) is 9.59 Å². The van der Waals surface area contributed by atoms with E-state index in [1.54, 1.807) is 18.4 Å². The molecule has 0 radical (unpaired) electrons. The van der Waals surface area contributed by atoms with Crippen LogP contribution in [0.4, 0.5) is 4.79 Å². The molecular weight excluding hydrogens is 502 g/mol. The zero-order valence-corrected chi connectivity index (χ0v) is 22.6. The summed E-state index contributed by atoms with van der Waals surface area (Å²) in [4.78, 5) is 28.0. The zero-order valence-electron chi connectivity index (χ0n) is 21.1. The number of aryl methyl sites for hydroxylation is 2. The van der Waals surface area contributed by atoms with E-state index in [4.69, 9.17) is 30.9 Å². The van der Waals surface area contributed by atoms with Crippen molar-refractivity contribution in [3.05, 3.63) is 43.6 Å².